The number of fused-ring (bicyclic) bond motifs is 1. The molecule has 0 spiro atoms. The van der Waals surface area contributed by atoms with Crippen LogP contribution in [0.15, 0.2) is 47.4 Å². The van der Waals surface area contributed by atoms with Crippen molar-refractivity contribution >= 4 is 27.3 Å². The highest BCUT2D eigenvalue weighted by atomic mass is 32.2. The second-order valence-electron chi connectivity index (χ2n) is 6.77. The molecular formula is C18H20N2O3S. The molecule has 1 amide bonds. The second-order valence-corrected chi connectivity index (χ2v) is 8.45. The average molecular weight is 344 g/mol. The van der Waals surface area contributed by atoms with Crippen LogP contribution in [-0.2, 0) is 21.2 Å². The first-order chi connectivity index (χ1) is 11.2. The number of aryl methyl sites for hydroxylation is 1. The lowest BCUT2D eigenvalue weighted by molar-refractivity contribution is -0.124. The van der Waals surface area contributed by atoms with Crippen molar-refractivity contribution in [2.24, 2.45) is 5.41 Å². The van der Waals surface area contributed by atoms with Gasteiger partial charge in [0.15, 0.2) is 0 Å². The van der Waals surface area contributed by atoms with E-state index in [9.17, 15) is 13.2 Å². The first-order valence-electron chi connectivity index (χ1n) is 7.72. The van der Waals surface area contributed by atoms with Crippen molar-refractivity contribution < 1.29 is 13.2 Å². The molecule has 3 rings (SSSR count). The Balaban J connectivity index is 1.99. The summed E-state index contributed by atoms with van der Waals surface area (Å²) in [5.74, 6) is -0.0615. The van der Waals surface area contributed by atoms with E-state index < -0.39 is 15.4 Å². The van der Waals surface area contributed by atoms with Gasteiger partial charge < -0.3 is 5.32 Å². The van der Waals surface area contributed by atoms with Gasteiger partial charge in [-0.2, -0.15) is 0 Å². The smallest absolute Gasteiger partial charge is 0.261 e. The van der Waals surface area contributed by atoms with Gasteiger partial charge in [0.25, 0.3) is 10.0 Å². The fraction of sp³-hybridized carbons (Fsp3) is 0.278. The summed E-state index contributed by atoms with van der Waals surface area (Å²) in [6.07, 6.45) is 0.473. The molecule has 0 aromatic heterocycles. The lowest BCUT2D eigenvalue weighted by Gasteiger charge is -2.31. The molecule has 0 saturated carbocycles. The number of carbonyl (C=O) groups excluding carboxylic acids is 1. The molecule has 1 aliphatic rings. The predicted octanol–water partition coefficient (Wildman–Crippen LogP) is 3.32. The Morgan fingerprint density at radius 3 is 2.42 bits per heavy atom. The monoisotopic (exact) mass is 344 g/mol. The molecule has 0 bridgehead atoms. The summed E-state index contributed by atoms with van der Waals surface area (Å²) in [6, 6.07) is 11.9. The van der Waals surface area contributed by atoms with Crippen LogP contribution in [0.2, 0.25) is 0 Å². The minimum atomic E-state index is -3.68. The number of sulfonamides is 1. The maximum absolute atomic E-state index is 12.6. The first-order valence-corrected chi connectivity index (χ1v) is 9.20. The van der Waals surface area contributed by atoms with E-state index in [0.29, 0.717) is 17.8 Å². The highest BCUT2D eigenvalue weighted by Gasteiger charge is 2.35. The summed E-state index contributed by atoms with van der Waals surface area (Å²) in [7, 11) is -3.68. The van der Waals surface area contributed by atoms with Gasteiger partial charge in [0.1, 0.15) is 0 Å². The third-order valence-electron chi connectivity index (χ3n) is 4.23. The molecular weight excluding hydrogens is 324 g/mol. The maximum atomic E-state index is 12.6. The number of amides is 1. The van der Waals surface area contributed by atoms with Gasteiger partial charge >= 0.3 is 0 Å². The largest absolute Gasteiger partial charge is 0.325 e. The van der Waals surface area contributed by atoms with Crippen molar-refractivity contribution in [2.45, 2.75) is 32.1 Å². The molecule has 1 heterocycles. The quantitative estimate of drug-likeness (QED) is 0.897. The third-order valence-corrected chi connectivity index (χ3v) is 5.61. The fourth-order valence-electron chi connectivity index (χ4n) is 2.72. The molecule has 0 fully saturated rings. The average Bonchev–Trinajstić information content (AvgIpc) is 2.49. The number of hydrogen-bond acceptors (Lipinski definition) is 3. The summed E-state index contributed by atoms with van der Waals surface area (Å²) < 4.78 is 27.9. The summed E-state index contributed by atoms with van der Waals surface area (Å²) in [4.78, 5) is 12.3. The van der Waals surface area contributed by atoms with E-state index >= 15 is 0 Å². The van der Waals surface area contributed by atoms with E-state index in [2.05, 4.69) is 10.0 Å². The molecule has 0 radical (unpaired) electrons. The van der Waals surface area contributed by atoms with Crippen molar-refractivity contribution in [1.29, 1.82) is 0 Å². The van der Waals surface area contributed by atoms with Crippen molar-refractivity contribution in [3.05, 3.63) is 53.6 Å². The van der Waals surface area contributed by atoms with Gasteiger partial charge in [-0.25, -0.2) is 8.42 Å². The summed E-state index contributed by atoms with van der Waals surface area (Å²) >= 11 is 0. The Kier molecular flexibility index (Phi) is 3.87. The van der Waals surface area contributed by atoms with Crippen LogP contribution in [0.1, 0.15) is 25.0 Å². The van der Waals surface area contributed by atoms with Gasteiger partial charge in [0.2, 0.25) is 5.91 Å². The highest BCUT2D eigenvalue weighted by molar-refractivity contribution is 7.92. The molecule has 0 aliphatic carbocycles. The molecule has 5 nitrogen and oxygen atoms in total. The Morgan fingerprint density at radius 1 is 1.08 bits per heavy atom. The Hall–Kier alpha value is -2.34. The molecule has 6 heteroatoms. The highest BCUT2D eigenvalue weighted by Crippen LogP contribution is 2.37. The van der Waals surface area contributed by atoms with Crippen molar-refractivity contribution in [1.82, 2.24) is 0 Å². The van der Waals surface area contributed by atoms with Crippen LogP contribution in [0, 0.1) is 12.3 Å². The molecule has 2 aromatic carbocycles. The maximum Gasteiger partial charge on any atom is 0.261 e. The van der Waals surface area contributed by atoms with Gasteiger partial charge in [-0.05, 0) is 37.6 Å². The van der Waals surface area contributed by atoms with Crippen LogP contribution in [0.25, 0.3) is 0 Å². The normalized spacial score (nSPS) is 16.2. The number of anilines is 2. The molecule has 2 aromatic rings. The molecule has 0 atom stereocenters. The molecule has 0 saturated heterocycles. The van der Waals surface area contributed by atoms with E-state index in [0.717, 1.165) is 11.1 Å². The zero-order chi connectivity index (χ0) is 17.5. The minimum absolute atomic E-state index is 0.0615. The first kappa shape index (κ1) is 16.5. The Morgan fingerprint density at radius 2 is 1.75 bits per heavy atom. The van der Waals surface area contributed by atoms with Gasteiger partial charge in [0.05, 0.1) is 10.6 Å². The lowest BCUT2D eigenvalue weighted by atomic mass is 9.81. The van der Waals surface area contributed by atoms with Crippen LogP contribution in [-0.4, -0.2) is 14.3 Å². The number of hydrogen-bond donors (Lipinski definition) is 2. The summed E-state index contributed by atoms with van der Waals surface area (Å²) in [5.41, 5.74) is 2.37. The predicted molar refractivity (Wildman–Crippen MR) is 94.5 cm³/mol. The van der Waals surface area contributed by atoms with E-state index in [1.165, 1.54) is 0 Å². The summed E-state index contributed by atoms with van der Waals surface area (Å²) in [6.45, 7) is 5.59. The minimum Gasteiger partial charge on any atom is -0.325 e. The van der Waals surface area contributed by atoms with Crippen LogP contribution < -0.4 is 10.0 Å². The Labute approximate surface area is 142 Å². The number of benzene rings is 2. The lowest BCUT2D eigenvalue weighted by Crippen LogP contribution is -2.37. The molecule has 2 N–H and O–H groups in total. The topological polar surface area (TPSA) is 75.3 Å². The van der Waals surface area contributed by atoms with E-state index in [1.54, 1.807) is 42.5 Å². The number of carbonyl (C=O) groups is 1. The fourth-order valence-corrected chi connectivity index (χ4v) is 3.82. The molecule has 1 aliphatic heterocycles. The zero-order valence-corrected chi connectivity index (χ0v) is 14.7. The van der Waals surface area contributed by atoms with E-state index in [-0.39, 0.29) is 10.8 Å². The Bertz CT molecular complexity index is 900. The second kappa shape index (κ2) is 5.63. The molecule has 24 heavy (non-hydrogen) atoms. The SMILES string of the molecule is Cc1ccc(S(=O)(=O)Nc2cccc3c2CC(C)(C)C(=O)N3)cc1. The van der Waals surface area contributed by atoms with E-state index in [4.69, 9.17) is 0 Å². The number of nitrogens with one attached hydrogen (secondary N) is 2. The van der Waals surface area contributed by atoms with Crippen LogP contribution >= 0.6 is 0 Å². The van der Waals surface area contributed by atoms with Crippen LogP contribution in [0.5, 0.6) is 0 Å². The standard InChI is InChI=1S/C18H20N2O3S/c1-12-7-9-13(10-8-12)24(22,23)20-16-6-4-5-15-14(16)11-18(2,3)17(21)19-15/h4-10,20H,11H2,1-3H3,(H,19,21). The number of rotatable bonds is 3. The van der Waals surface area contributed by atoms with Gasteiger partial charge in [-0.15, -0.1) is 0 Å². The van der Waals surface area contributed by atoms with Crippen LogP contribution in [0.3, 0.4) is 0 Å². The van der Waals surface area contributed by atoms with E-state index in [1.807, 2.05) is 20.8 Å². The van der Waals surface area contributed by atoms with Crippen molar-refractivity contribution in [3.63, 3.8) is 0 Å². The summed E-state index contributed by atoms with van der Waals surface area (Å²) in [5, 5.41) is 2.85. The van der Waals surface area contributed by atoms with Gasteiger partial charge in [0, 0.05) is 16.7 Å². The van der Waals surface area contributed by atoms with Crippen molar-refractivity contribution in [2.75, 3.05) is 10.0 Å². The van der Waals surface area contributed by atoms with Crippen LogP contribution in [0.4, 0.5) is 11.4 Å². The van der Waals surface area contributed by atoms with Crippen molar-refractivity contribution in [3.8, 4) is 0 Å². The third kappa shape index (κ3) is 3.01. The molecule has 0 unspecified atom stereocenters. The molecule has 126 valence electrons. The van der Waals surface area contributed by atoms with Gasteiger partial charge in [-0.3, -0.25) is 9.52 Å². The van der Waals surface area contributed by atoms with Gasteiger partial charge in [-0.1, -0.05) is 37.6 Å². The zero-order valence-electron chi connectivity index (χ0n) is 13.9.